The quantitative estimate of drug-likeness (QED) is 0.759. The molecule has 1 aromatic rings. The largest absolute Gasteiger partial charge is 0.281 e. The van der Waals surface area contributed by atoms with Crippen molar-refractivity contribution in [2.45, 2.75) is 24.7 Å². The standard InChI is InChI=1S/C8H11N3O3S/c1-5-7(4-9-10-5)15(13,14)11-8(12)6-2-3-6/h4,6H,2-3H2,1H3,(H,9,10)(H,11,12). The fourth-order valence-electron chi connectivity index (χ4n) is 1.23. The van der Waals surface area contributed by atoms with Crippen molar-refractivity contribution in [2.24, 2.45) is 5.92 Å². The summed E-state index contributed by atoms with van der Waals surface area (Å²) >= 11 is 0. The minimum Gasteiger partial charge on any atom is -0.281 e. The molecule has 82 valence electrons. The van der Waals surface area contributed by atoms with Gasteiger partial charge in [-0.1, -0.05) is 0 Å². The first-order valence-electron chi connectivity index (χ1n) is 4.57. The predicted molar refractivity (Wildman–Crippen MR) is 51.4 cm³/mol. The maximum atomic E-state index is 11.7. The number of nitrogens with one attached hydrogen (secondary N) is 2. The van der Waals surface area contributed by atoms with Gasteiger partial charge in [0.05, 0.1) is 11.9 Å². The Bertz CT molecular complexity index is 487. The van der Waals surface area contributed by atoms with Crippen LogP contribution < -0.4 is 4.72 Å². The van der Waals surface area contributed by atoms with Crippen LogP contribution in [0.1, 0.15) is 18.5 Å². The smallest absolute Gasteiger partial charge is 0.267 e. The van der Waals surface area contributed by atoms with Crippen molar-refractivity contribution < 1.29 is 13.2 Å². The van der Waals surface area contributed by atoms with E-state index in [0.29, 0.717) is 5.69 Å². The molecule has 1 fully saturated rings. The van der Waals surface area contributed by atoms with Gasteiger partial charge in [-0.15, -0.1) is 0 Å². The van der Waals surface area contributed by atoms with Crippen LogP contribution >= 0.6 is 0 Å². The van der Waals surface area contributed by atoms with Crippen molar-refractivity contribution in [3.63, 3.8) is 0 Å². The van der Waals surface area contributed by atoms with Gasteiger partial charge in [-0.05, 0) is 19.8 Å². The van der Waals surface area contributed by atoms with E-state index in [-0.39, 0.29) is 10.8 Å². The highest BCUT2D eigenvalue weighted by molar-refractivity contribution is 7.90. The lowest BCUT2D eigenvalue weighted by Crippen LogP contribution is -2.31. The second-order valence-electron chi connectivity index (χ2n) is 3.60. The summed E-state index contributed by atoms with van der Waals surface area (Å²) in [5.41, 5.74) is 0.422. The van der Waals surface area contributed by atoms with E-state index in [1.807, 2.05) is 4.72 Å². The maximum Gasteiger partial charge on any atom is 0.267 e. The van der Waals surface area contributed by atoms with Crippen LogP contribution in [0, 0.1) is 12.8 Å². The minimum atomic E-state index is -3.75. The van der Waals surface area contributed by atoms with Gasteiger partial charge in [0.15, 0.2) is 0 Å². The van der Waals surface area contributed by atoms with Crippen molar-refractivity contribution in [1.82, 2.24) is 14.9 Å². The molecule has 1 saturated carbocycles. The Morgan fingerprint density at radius 2 is 2.27 bits per heavy atom. The summed E-state index contributed by atoms with van der Waals surface area (Å²) in [5, 5.41) is 6.11. The van der Waals surface area contributed by atoms with E-state index < -0.39 is 15.9 Å². The molecule has 6 nitrogen and oxygen atoms in total. The number of carbonyl (C=O) groups is 1. The van der Waals surface area contributed by atoms with Crippen LogP contribution in [0.15, 0.2) is 11.1 Å². The number of rotatable bonds is 3. The molecule has 2 N–H and O–H groups in total. The van der Waals surface area contributed by atoms with Gasteiger partial charge in [0, 0.05) is 5.92 Å². The van der Waals surface area contributed by atoms with Gasteiger partial charge in [0.25, 0.3) is 10.0 Å². The van der Waals surface area contributed by atoms with E-state index in [9.17, 15) is 13.2 Å². The van der Waals surface area contributed by atoms with Crippen molar-refractivity contribution in [1.29, 1.82) is 0 Å². The first kappa shape index (κ1) is 10.2. The van der Waals surface area contributed by atoms with Crippen molar-refractivity contribution in [3.05, 3.63) is 11.9 Å². The summed E-state index contributed by atoms with van der Waals surface area (Å²) in [4.78, 5) is 11.3. The van der Waals surface area contributed by atoms with E-state index in [1.165, 1.54) is 6.20 Å². The molecule has 1 aliphatic rings. The average molecular weight is 229 g/mol. The maximum absolute atomic E-state index is 11.7. The minimum absolute atomic E-state index is 0.0245. The molecule has 0 spiro atoms. The number of sulfonamides is 1. The number of nitrogens with zero attached hydrogens (tertiary/aromatic N) is 1. The van der Waals surface area contributed by atoms with Gasteiger partial charge in [-0.25, -0.2) is 13.1 Å². The van der Waals surface area contributed by atoms with Crippen molar-refractivity contribution in [2.75, 3.05) is 0 Å². The third-order valence-electron chi connectivity index (χ3n) is 2.26. The summed E-state index contributed by atoms with van der Waals surface area (Å²) in [7, 11) is -3.75. The summed E-state index contributed by atoms with van der Waals surface area (Å²) < 4.78 is 25.4. The lowest BCUT2D eigenvalue weighted by atomic mass is 10.4. The Hall–Kier alpha value is -1.37. The molecule has 0 saturated heterocycles. The summed E-state index contributed by atoms with van der Waals surface area (Å²) in [6.07, 6.45) is 2.73. The Balaban J connectivity index is 2.20. The molecule has 0 atom stereocenters. The number of hydrogen-bond donors (Lipinski definition) is 2. The first-order chi connectivity index (χ1) is 7.00. The van der Waals surface area contributed by atoms with E-state index in [1.54, 1.807) is 6.92 Å². The highest BCUT2D eigenvalue weighted by Gasteiger charge is 2.33. The zero-order valence-corrected chi connectivity index (χ0v) is 8.97. The number of hydrogen-bond acceptors (Lipinski definition) is 4. The molecule has 1 aliphatic carbocycles. The molecular formula is C8H11N3O3S. The number of aromatic amines is 1. The van der Waals surface area contributed by atoms with Crippen molar-refractivity contribution >= 4 is 15.9 Å². The van der Waals surface area contributed by atoms with Crippen LogP contribution in [0.2, 0.25) is 0 Å². The molecule has 1 amide bonds. The average Bonchev–Trinajstić information content (AvgIpc) is 2.88. The van der Waals surface area contributed by atoms with Gasteiger partial charge in [0.2, 0.25) is 5.91 Å². The normalized spacial score (nSPS) is 16.3. The Kier molecular flexibility index (Phi) is 2.26. The van der Waals surface area contributed by atoms with Crippen molar-refractivity contribution in [3.8, 4) is 0 Å². The third kappa shape index (κ3) is 2.01. The SMILES string of the molecule is Cc1[nH]ncc1S(=O)(=O)NC(=O)C1CC1. The lowest BCUT2D eigenvalue weighted by molar-refractivity contribution is -0.120. The van der Waals surface area contributed by atoms with Gasteiger partial charge >= 0.3 is 0 Å². The van der Waals surface area contributed by atoms with Crippen LogP contribution in [-0.4, -0.2) is 24.5 Å². The zero-order chi connectivity index (χ0) is 11.1. The van der Waals surface area contributed by atoms with Crippen LogP contribution in [0.4, 0.5) is 0 Å². The Morgan fingerprint density at radius 1 is 1.60 bits per heavy atom. The van der Waals surface area contributed by atoms with E-state index in [2.05, 4.69) is 10.2 Å². The summed E-state index contributed by atoms with van der Waals surface area (Å²) in [5.74, 6) is -0.553. The number of carbonyl (C=O) groups excluding carboxylic acids is 1. The van der Waals surface area contributed by atoms with E-state index >= 15 is 0 Å². The summed E-state index contributed by atoms with van der Waals surface area (Å²) in [6.45, 7) is 1.59. The molecule has 15 heavy (non-hydrogen) atoms. The van der Waals surface area contributed by atoms with Gasteiger partial charge in [-0.2, -0.15) is 5.10 Å². The first-order valence-corrected chi connectivity index (χ1v) is 6.05. The molecule has 0 radical (unpaired) electrons. The Morgan fingerprint density at radius 3 is 2.73 bits per heavy atom. The summed E-state index contributed by atoms with van der Waals surface area (Å²) in [6, 6.07) is 0. The molecule has 0 aliphatic heterocycles. The molecule has 1 heterocycles. The topological polar surface area (TPSA) is 91.9 Å². The molecule has 1 aromatic heterocycles. The number of H-pyrrole nitrogens is 1. The molecule has 7 heteroatoms. The second-order valence-corrected chi connectivity index (χ2v) is 5.25. The number of aromatic nitrogens is 2. The predicted octanol–water partition coefficient (Wildman–Crippen LogP) is -0.0670. The van der Waals surface area contributed by atoms with Gasteiger partial charge < -0.3 is 0 Å². The fraction of sp³-hybridized carbons (Fsp3) is 0.500. The van der Waals surface area contributed by atoms with Gasteiger partial charge in [0.1, 0.15) is 4.90 Å². The number of amides is 1. The number of aryl methyl sites for hydroxylation is 1. The Labute approximate surface area is 87.1 Å². The molecular weight excluding hydrogens is 218 g/mol. The monoisotopic (exact) mass is 229 g/mol. The highest BCUT2D eigenvalue weighted by atomic mass is 32.2. The third-order valence-corrected chi connectivity index (χ3v) is 3.72. The lowest BCUT2D eigenvalue weighted by Gasteiger charge is -2.04. The van der Waals surface area contributed by atoms with Crippen LogP contribution in [0.25, 0.3) is 0 Å². The fourth-order valence-corrected chi connectivity index (χ4v) is 2.41. The molecule has 0 unspecified atom stereocenters. The molecule has 2 rings (SSSR count). The zero-order valence-electron chi connectivity index (χ0n) is 8.15. The van der Waals surface area contributed by atoms with Crippen LogP contribution in [0.5, 0.6) is 0 Å². The van der Waals surface area contributed by atoms with Gasteiger partial charge in [-0.3, -0.25) is 9.89 Å². The van der Waals surface area contributed by atoms with Crippen LogP contribution in [0.3, 0.4) is 0 Å². The molecule has 0 aromatic carbocycles. The van der Waals surface area contributed by atoms with Crippen LogP contribution in [-0.2, 0) is 14.8 Å². The molecule has 0 bridgehead atoms. The van der Waals surface area contributed by atoms with E-state index in [0.717, 1.165) is 12.8 Å². The second kappa shape index (κ2) is 3.34. The highest BCUT2D eigenvalue weighted by Crippen LogP contribution is 2.29. The van der Waals surface area contributed by atoms with E-state index in [4.69, 9.17) is 0 Å².